The van der Waals surface area contributed by atoms with Gasteiger partial charge in [-0.1, -0.05) is 0 Å². The monoisotopic (exact) mass is 219 g/mol. The summed E-state index contributed by atoms with van der Waals surface area (Å²) in [7, 11) is 0. The number of rotatable bonds is 1. The highest BCUT2D eigenvalue weighted by Crippen LogP contribution is 2.37. The molecule has 2 heterocycles. The third-order valence-electron chi connectivity index (χ3n) is 2.38. The van der Waals surface area contributed by atoms with Gasteiger partial charge in [0.05, 0.1) is 16.1 Å². The second-order valence-corrected chi connectivity index (χ2v) is 4.19. The molecule has 2 aromatic rings. The summed E-state index contributed by atoms with van der Waals surface area (Å²) in [5.74, 6) is 1.64. The van der Waals surface area contributed by atoms with Crippen LogP contribution in [0.2, 0.25) is 0 Å². The lowest BCUT2D eigenvalue weighted by atomic mass is 10.1. The quantitative estimate of drug-likeness (QED) is 0.739. The van der Waals surface area contributed by atoms with Crippen LogP contribution >= 0.6 is 11.3 Å². The van der Waals surface area contributed by atoms with Crippen molar-refractivity contribution < 1.29 is 9.47 Å². The maximum Gasteiger partial charge on any atom is 0.231 e. The van der Waals surface area contributed by atoms with E-state index in [0.29, 0.717) is 6.79 Å². The van der Waals surface area contributed by atoms with Crippen LogP contribution in [0.1, 0.15) is 5.69 Å². The van der Waals surface area contributed by atoms with E-state index in [2.05, 4.69) is 4.98 Å². The molecule has 0 amide bonds. The zero-order valence-electron chi connectivity index (χ0n) is 8.19. The maximum absolute atomic E-state index is 5.34. The number of nitrogens with zero attached hydrogens (tertiary/aromatic N) is 1. The zero-order valence-corrected chi connectivity index (χ0v) is 9.00. The second kappa shape index (κ2) is 3.24. The van der Waals surface area contributed by atoms with Crippen molar-refractivity contribution in [2.45, 2.75) is 6.92 Å². The average Bonchev–Trinajstić information content (AvgIpc) is 2.84. The van der Waals surface area contributed by atoms with Crippen LogP contribution in [0.5, 0.6) is 11.5 Å². The molecule has 0 atom stereocenters. The van der Waals surface area contributed by atoms with Gasteiger partial charge in [-0.3, -0.25) is 0 Å². The third kappa shape index (κ3) is 1.37. The van der Waals surface area contributed by atoms with E-state index < -0.39 is 0 Å². The number of fused-ring (bicyclic) bond motifs is 1. The van der Waals surface area contributed by atoms with Gasteiger partial charge < -0.3 is 9.47 Å². The Kier molecular flexibility index (Phi) is 1.89. The molecule has 0 spiro atoms. The van der Waals surface area contributed by atoms with Crippen LogP contribution in [0.25, 0.3) is 10.4 Å². The fraction of sp³-hybridized carbons (Fsp3) is 0.182. The van der Waals surface area contributed by atoms with Crippen molar-refractivity contribution >= 4 is 11.3 Å². The average molecular weight is 219 g/mol. The first kappa shape index (κ1) is 8.73. The molecule has 0 fully saturated rings. The number of aryl methyl sites for hydroxylation is 1. The molecule has 76 valence electrons. The van der Waals surface area contributed by atoms with Gasteiger partial charge >= 0.3 is 0 Å². The van der Waals surface area contributed by atoms with Crippen LogP contribution in [0.3, 0.4) is 0 Å². The zero-order chi connectivity index (χ0) is 10.3. The fourth-order valence-electron chi connectivity index (χ4n) is 1.62. The van der Waals surface area contributed by atoms with Crippen molar-refractivity contribution in [2.75, 3.05) is 6.79 Å². The van der Waals surface area contributed by atoms with Gasteiger partial charge in [0.2, 0.25) is 6.79 Å². The summed E-state index contributed by atoms with van der Waals surface area (Å²) in [6.45, 7) is 2.33. The first-order valence-corrected chi connectivity index (χ1v) is 5.52. The number of ether oxygens (including phenoxy) is 2. The van der Waals surface area contributed by atoms with Gasteiger partial charge in [0, 0.05) is 0 Å². The first-order valence-electron chi connectivity index (χ1n) is 4.65. The molecular formula is C11H9NO2S. The minimum Gasteiger partial charge on any atom is -0.454 e. The Morgan fingerprint density at radius 3 is 2.93 bits per heavy atom. The van der Waals surface area contributed by atoms with E-state index in [1.165, 1.54) is 4.88 Å². The van der Waals surface area contributed by atoms with Gasteiger partial charge in [-0.2, -0.15) is 0 Å². The standard InChI is InChI=1S/C11H9NO2S/c1-7-11(15-5-12-7)8-2-3-9-10(4-8)14-6-13-9/h2-5H,6H2,1H3. The van der Waals surface area contributed by atoms with Gasteiger partial charge in [-0.15, -0.1) is 11.3 Å². The van der Waals surface area contributed by atoms with E-state index in [4.69, 9.17) is 9.47 Å². The Morgan fingerprint density at radius 2 is 2.13 bits per heavy atom. The summed E-state index contributed by atoms with van der Waals surface area (Å²) in [6, 6.07) is 5.98. The van der Waals surface area contributed by atoms with Crippen molar-refractivity contribution in [1.82, 2.24) is 4.98 Å². The van der Waals surface area contributed by atoms with Crippen molar-refractivity contribution in [2.24, 2.45) is 0 Å². The molecule has 1 aliphatic heterocycles. The molecule has 3 rings (SSSR count). The fourth-order valence-corrected chi connectivity index (χ4v) is 2.42. The lowest BCUT2D eigenvalue weighted by Gasteiger charge is -2.00. The van der Waals surface area contributed by atoms with Crippen molar-refractivity contribution in [3.63, 3.8) is 0 Å². The Hall–Kier alpha value is -1.55. The molecule has 0 saturated carbocycles. The molecule has 1 aromatic carbocycles. The van der Waals surface area contributed by atoms with Crippen molar-refractivity contribution in [1.29, 1.82) is 0 Å². The van der Waals surface area contributed by atoms with E-state index in [0.717, 1.165) is 22.8 Å². The summed E-state index contributed by atoms with van der Waals surface area (Å²) >= 11 is 1.64. The van der Waals surface area contributed by atoms with E-state index in [1.807, 2.05) is 30.6 Å². The number of hydrogen-bond donors (Lipinski definition) is 0. The highest BCUT2D eigenvalue weighted by atomic mass is 32.1. The molecule has 0 unspecified atom stereocenters. The number of aromatic nitrogens is 1. The molecule has 0 radical (unpaired) electrons. The van der Waals surface area contributed by atoms with Gasteiger partial charge in [-0.05, 0) is 30.7 Å². The Morgan fingerprint density at radius 1 is 1.27 bits per heavy atom. The van der Waals surface area contributed by atoms with Crippen molar-refractivity contribution in [3.8, 4) is 21.9 Å². The molecule has 0 aliphatic carbocycles. The van der Waals surface area contributed by atoms with Gasteiger partial charge in [-0.25, -0.2) is 4.98 Å². The van der Waals surface area contributed by atoms with E-state index >= 15 is 0 Å². The van der Waals surface area contributed by atoms with E-state index in [-0.39, 0.29) is 0 Å². The SMILES string of the molecule is Cc1ncsc1-c1ccc2c(c1)OCO2. The van der Waals surface area contributed by atoms with Gasteiger partial charge in [0.25, 0.3) is 0 Å². The van der Waals surface area contributed by atoms with Crippen LogP contribution in [0, 0.1) is 6.92 Å². The number of benzene rings is 1. The Bertz CT molecular complexity index is 507. The lowest BCUT2D eigenvalue weighted by molar-refractivity contribution is 0.174. The molecule has 3 nitrogen and oxygen atoms in total. The number of hydrogen-bond acceptors (Lipinski definition) is 4. The minimum absolute atomic E-state index is 0.320. The Labute approximate surface area is 91.3 Å². The minimum atomic E-state index is 0.320. The van der Waals surface area contributed by atoms with Gasteiger partial charge in [0.15, 0.2) is 11.5 Å². The summed E-state index contributed by atoms with van der Waals surface area (Å²) in [5, 5.41) is 0. The molecule has 0 saturated heterocycles. The first-order chi connectivity index (χ1) is 7.34. The van der Waals surface area contributed by atoms with Crippen LogP contribution in [0.4, 0.5) is 0 Å². The summed E-state index contributed by atoms with van der Waals surface area (Å²) < 4.78 is 10.6. The third-order valence-corrected chi connectivity index (χ3v) is 3.36. The molecule has 15 heavy (non-hydrogen) atoms. The maximum atomic E-state index is 5.34. The predicted octanol–water partition coefficient (Wildman–Crippen LogP) is 2.85. The molecule has 0 bridgehead atoms. The highest BCUT2D eigenvalue weighted by molar-refractivity contribution is 7.13. The topological polar surface area (TPSA) is 31.4 Å². The van der Waals surface area contributed by atoms with Gasteiger partial charge in [0.1, 0.15) is 0 Å². The predicted molar refractivity (Wildman–Crippen MR) is 58.4 cm³/mol. The molecule has 1 aromatic heterocycles. The summed E-state index contributed by atoms with van der Waals surface area (Å²) in [4.78, 5) is 5.42. The van der Waals surface area contributed by atoms with Crippen LogP contribution in [-0.2, 0) is 0 Å². The molecule has 0 N–H and O–H groups in total. The van der Waals surface area contributed by atoms with E-state index in [9.17, 15) is 0 Å². The summed E-state index contributed by atoms with van der Waals surface area (Å²) in [6.07, 6.45) is 0. The summed E-state index contributed by atoms with van der Waals surface area (Å²) in [5.41, 5.74) is 4.05. The molecule has 4 heteroatoms. The lowest BCUT2D eigenvalue weighted by Crippen LogP contribution is -1.92. The normalized spacial score (nSPS) is 13.1. The Balaban J connectivity index is 2.11. The van der Waals surface area contributed by atoms with Crippen LogP contribution < -0.4 is 9.47 Å². The molecular weight excluding hydrogens is 210 g/mol. The smallest absolute Gasteiger partial charge is 0.231 e. The van der Waals surface area contributed by atoms with E-state index in [1.54, 1.807) is 11.3 Å². The molecule has 1 aliphatic rings. The van der Waals surface area contributed by atoms with Crippen molar-refractivity contribution in [3.05, 3.63) is 29.4 Å². The largest absolute Gasteiger partial charge is 0.454 e. The van der Waals surface area contributed by atoms with Crippen LogP contribution in [0.15, 0.2) is 23.7 Å². The van der Waals surface area contributed by atoms with Crippen LogP contribution in [-0.4, -0.2) is 11.8 Å². The second-order valence-electron chi connectivity index (χ2n) is 3.33. The highest BCUT2D eigenvalue weighted by Gasteiger charge is 2.15. The number of thiazole rings is 1.